The van der Waals surface area contributed by atoms with Crippen LogP contribution >= 0.6 is 12.2 Å². The highest BCUT2D eigenvalue weighted by Gasteiger charge is 2.05. The summed E-state index contributed by atoms with van der Waals surface area (Å²) in [5.74, 6) is 0. The molecule has 0 radical (unpaired) electrons. The Kier molecular flexibility index (Phi) is 3.40. The molecular formula is C12H15N3OS. The highest BCUT2D eigenvalue weighted by atomic mass is 32.1. The summed E-state index contributed by atoms with van der Waals surface area (Å²) in [6, 6.07) is 5.90. The maximum absolute atomic E-state index is 9.32. The van der Waals surface area contributed by atoms with Crippen molar-refractivity contribution in [1.82, 2.24) is 9.66 Å². The molecule has 0 fully saturated rings. The average Bonchev–Trinajstić information content (AvgIpc) is 2.29. The molecular weight excluding hydrogens is 234 g/mol. The zero-order valence-electron chi connectivity index (χ0n) is 9.84. The minimum absolute atomic E-state index is 0.434. The topological polar surface area (TPSA) is 50.1 Å². The largest absolute Gasteiger partial charge is 0.392 e. The summed E-state index contributed by atoms with van der Waals surface area (Å²) in [6.45, 7) is 4.13. The van der Waals surface area contributed by atoms with E-state index in [0.29, 0.717) is 11.2 Å². The minimum atomic E-state index is -0.434. The van der Waals surface area contributed by atoms with Crippen molar-refractivity contribution in [3.63, 3.8) is 0 Å². The Labute approximate surface area is 105 Å². The van der Waals surface area contributed by atoms with Gasteiger partial charge in [0, 0.05) is 11.6 Å². The molecule has 0 aliphatic heterocycles. The van der Waals surface area contributed by atoms with E-state index < -0.39 is 6.10 Å². The van der Waals surface area contributed by atoms with Crippen molar-refractivity contribution in [2.75, 3.05) is 12.0 Å². The molecule has 0 saturated heterocycles. The van der Waals surface area contributed by atoms with Gasteiger partial charge >= 0.3 is 0 Å². The standard InChI is InChI=1S/C12H15N3OS/c1-8-6-10-4-3-5-13-11(10)15(12(8)17)14-7-9(2)16/h3-6,9,14,16H,7H2,1-2H3. The van der Waals surface area contributed by atoms with E-state index in [1.165, 1.54) is 0 Å². The molecule has 0 aliphatic rings. The van der Waals surface area contributed by atoms with Crippen LogP contribution in [-0.2, 0) is 0 Å². The molecule has 0 amide bonds. The number of hydrogen-bond donors (Lipinski definition) is 2. The van der Waals surface area contributed by atoms with E-state index in [1.807, 2.05) is 25.1 Å². The number of fused-ring (bicyclic) bond motifs is 1. The third kappa shape index (κ3) is 2.45. The van der Waals surface area contributed by atoms with Crippen LogP contribution in [0.25, 0.3) is 11.0 Å². The summed E-state index contributed by atoms with van der Waals surface area (Å²) in [5, 5.41) is 10.3. The molecule has 17 heavy (non-hydrogen) atoms. The van der Waals surface area contributed by atoms with Gasteiger partial charge in [-0.05, 0) is 37.6 Å². The number of pyridine rings is 2. The van der Waals surface area contributed by atoms with Gasteiger partial charge in [0.05, 0.1) is 12.6 Å². The van der Waals surface area contributed by atoms with Crippen LogP contribution in [0.15, 0.2) is 24.4 Å². The second-order valence-corrected chi connectivity index (χ2v) is 4.48. The molecule has 2 rings (SSSR count). The Morgan fingerprint density at radius 1 is 1.59 bits per heavy atom. The molecule has 0 aliphatic carbocycles. The number of aliphatic hydroxyl groups is 1. The molecule has 2 heterocycles. The van der Waals surface area contributed by atoms with E-state index in [2.05, 4.69) is 10.4 Å². The van der Waals surface area contributed by atoms with E-state index in [-0.39, 0.29) is 0 Å². The first-order valence-electron chi connectivity index (χ1n) is 5.49. The third-order valence-electron chi connectivity index (χ3n) is 2.49. The Bertz CT molecular complexity index is 592. The van der Waals surface area contributed by atoms with Crippen LogP contribution in [0.3, 0.4) is 0 Å². The molecule has 90 valence electrons. The van der Waals surface area contributed by atoms with Crippen molar-refractivity contribution in [2.45, 2.75) is 20.0 Å². The first-order valence-corrected chi connectivity index (χ1v) is 5.90. The second kappa shape index (κ2) is 4.81. The van der Waals surface area contributed by atoms with E-state index in [9.17, 15) is 5.11 Å². The molecule has 4 nitrogen and oxygen atoms in total. The van der Waals surface area contributed by atoms with Gasteiger partial charge in [-0.2, -0.15) is 0 Å². The Balaban J connectivity index is 2.58. The Morgan fingerprint density at radius 2 is 2.35 bits per heavy atom. The molecule has 5 heteroatoms. The smallest absolute Gasteiger partial charge is 0.159 e. The molecule has 2 aromatic rings. The summed E-state index contributed by atoms with van der Waals surface area (Å²) in [5.41, 5.74) is 4.89. The van der Waals surface area contributed by atoms with Crippen LogP contribution in [0.2, 0.25) is 0 Å². The lowest BCUT2D eigenvalue weighted by molar-refractivity contribution is 0.205. The van der Waals surface area contributed by atoms with Gasteiger partial charge in [-0.3, -0.25) is 0 Å². The lowest BCUT2D eigenvalue weighted by Crippen LogP contribution is -2.25. The molecule has 0 spiro atoms. The first-order chi connectivity index (χ1) is 8.09. The number of rotatable bonds is 3. The molecule has 2 aromatic heterocycles. The average molecular weight is 249 g/mol. The van der Waals surface area contributed by atoms with Gasteiger partial charge in [0.1, 0.15) is 4.64 Å². The fourth-order valence-corrected chi connectivity index (χ4v) is 1.86. The summed E-state index contributed by atoms with van der Waals surface area (Å²) in [7, 11) is 0. The van der Waals surface area contributed by atoms with Gasteiger partial charge in [-0.15, -0.1) is 0 Å². The van der Waals surface area contributed by atoms with Crippen LogP contribution in [-0.4, -0.2) is 27.4 Å². The summed E-state index contributed by atoms with van der Waals surface area (Å²) < 4.78 is 2.45. The van der Waals surface area contributed by atoms with Crippen molar-refractivity contribution in [1.29, 1.82) is 0 Å². The summed E-state index contributed by atoms with van der Waals surface area (Å²) in [6.07, 6.45) is 1.30. The fraction of sp³-hybridized carbons (Fsp3) is 0.333. The predicted octanol–water partition coefficient (Wildman–Crippen LogP) is 2.00. The number of hydrogen-bond acceptors (Lipinski definition) is 4. The van der Waals surface area contributed by atoms with Crippen LogP contribution in [0.5, 0.6) is 0 Å². The monoisotopic (exact) mass is 249 g/mol. The lowest BCUT2D eigenvalue weighted by Gasteiger charge is -2.15. The van der Waals surface area contributed by atoms with Crippen molar-refractivity contribution < 1.29 is 5.11 Å². The molecule has 0 saturated carbocycles. The lowest BCUT2D eigenvalue weighted by atomic mass is 10.2. The Morgan fingerprint density at radius 3 is 3.06 bits per heavy atom. The maximum Gasteiger partial charge on any atom is 0.159 e. The Hall–Kier alpha value is -1.46. The second-order valence-electron chi connectivity index (χ2n) is 4.10. The molecule has 2 N–H and O–H groups in total. The van der Waals surface area contributed by atoms with E-state index in [4.69, 9.17) is 12.2 Å². The zero-order chi connectivity index (χ0) is 12.4. The number of aliphatic hydroxyl groups excluding tert-OH is 1. The fourth-order valence-electron chi connectivity index (χ4n) is 1.65. The number of aryl methyl sites for hydroxylation is 1. The van der Waals surface area contributed by atoms with E-state index in [0.717, 1.165) is 16.6 Å². The van der Waals surface area contributed by atoms with Gasteiger partial charge in [-0.25, -0.2) is 9.66 Å². The van der Waals surface area contributed by atoms with Gasteiger partial charge in [0.15, 0.2) is 5.65 Å². The van der Waals surface area contributed by atoms with Gasteiger partial charge in [0.2, 0.25) is 0 Å². The molecule has 0 bridgehead atoms. The highest BCUT2D eigenvalue weighted by molar-refractivity contribution is 7.71. The normalized spacial score (nSPS) is 12.6. The van der Waals surface area contributed by atoms with Crippen LogP contribution in [0.4, 0.5) is 0 Å². The quantitative estimate of drug-likeness (QED) is 0.817. The number of aromatic nitrogens is 2. The summed E-state index contributed by atoms with van der Waals surface area (Å²) in [4.78, 5) is 4.31. The van der Waals surface area contributed by atoms with Crippen LogP contribution in [0.1, 0.15) is 12.5 Å². The predicted molar refractivity (Wildman–Crippen MR) is 71.2 cm³/mol. The van der Waals surface area contributed by atoms with Gasteiger partial charge in [0.25, 0.3) is 0 Å². The van der Waals surface area contributed by atoms with Gasteiger partial charge < -0.3 is 10.5 Å². The zero-order valence-corrected chi connectivity index (χ0v) is 10.7. The van der Waals surface area contributed by atoms with E-state index >= 15 is 0 Å². The number of nitrogens with one attached hydrogen (secondary N) is 1. The number of nitrogens with zero attached hydrogens (tertiary/aromatic N) is 2. The van der Waals surface area contributed by atoms with Crippen LogP contribution in [0, 0.1) is 11.6 Å². The maximum atomic E-state index is 9.32. The van der Waals surface area contributed by atoms with Crippen molar-refractivity contribution >= 4 is 23.3 Å². The molecule has 1 atom stereocenters. The van der Waals surface area contributed by atoms with E-state index in [1.54, 1.807) is 17.8 Å². The van der Waals surface area contributed by atoms with Crippen molar-refractivity contribution in [3.8, 4) is 0 Å². The minimum Gasteiger partial charge on any atom is -0.392 e. The SMILES string of the molecule is Cc1cc2cccnc2n(NCC(C)O)c1=S. The molecule has 1 unspecified atom stereocenters. The summed E-state index contributed by atoms with van der Waals surface area (Å²) >= 11 is 5.35. The molecule has 0 aromatic carbocycles. The van der Waals surface area contributed by atoms with Gasteiger partial charge in [-0.1, -0.05) is 12.2 Å². The van der Waals surface area contributed by atoms with Crippen LogP contribution < -0.4 is 5.43 Å². The van der Waals surface area contributed by atoms with Crippen molar-refractivity contribution in [2.24, 2.45) is 0 Å². The van der Waals surface area contributed by atoms with Crippen molar-refractivity contribution in [3.05, 3.63) is 34.6 Å². The third-order valence-corrected chi connectivity index (χ3v) is 2.99. The highest BCUT2D eigenvalue weighted by Crippen LogP contribution is 2.14. The first kappa shape index (κ1) is 12.0.